The number of nitrogens with zero attached hydrogens (tertiary/aromatic N) is 1. The van der Waals surface area contributed by atoms with E-state index in [1.165, 1.54) is 13.3 Å². The molecule has 1 saturated carbocycles. The molecule has 80 valence electrons. The Balaban J connectivity index is 2.17. The molecule has 0 saturated heterocycles. The average molecular weight is 208 g/mol. The van der Waals surface area contributed by atoms with Gasteiger partial charge in [-0.1, -0.05) is 0 Å². The first kappa shape index (κ1) is 9.76. The molecule has 5 nitrogen and oxygen atoms in total. The lowest BCUT2D eigenvalue weighted by atomic mass is 10.3. The summed E-state index contributed by atoms with van der Waals surface area (Å²) in [5, 5.41) is 0. The van der Waals surface area contributed by atoms with Crippen molar-refractivity contribution in [3.63, 3.8) is 0 Å². The highest BCUT2D eigenvalue weighted by molar-refractivity contribution is 5.92. The van der Waals surface area contributed by atoms with Gasteiger partial charge in [0, 0.05) is 6.07 Å². The fraction of sp³-hybridized carbons (Fsp3) is 0.400. The Labute approximate surface area is 87.2 Å². The Kier molecular flexibility index (Phi) is 2.45. The molecule has 1 aliphatic carbocycles. The second-order valence-corrected chi connectivity index (χ2v) is 3.42. The third kappa shape index (κ3) is 2.18. The number of esters is 1. The van der Waals surface area contributed by atoms with Gasteiger partial charge in [-0.3, -0.25) is 0 Å². The summed E-state index contributed by atoms with van der Waals surface area (Å²) in [7, 11) is 1.29. The van der Waals surface area contributed by atoms with E-state index in [0.29, 0.717) is 5.75 Å². The summed E-state index contributed by atoms with van der Waals surface area (Å²) in [6.07, 6.45) is 3.91. The van der Waals surface area contributed by atoms with Crippen LogP contribution in [-0.2, 0) is 4.74 Å². The van der Waals surface area contributed by atoms with Crippen LogP contribution in [-0.4, -0.2) is 24.2 Å². The summed E-state index contributed by atoms with van der Waals surface area (Å²) in [6.45, 7) is 0. The van der Waals surface area contributed by atoms with Crippen LogP contribution in [0.3, 0.4) is 0 Å². The number of hydrogen-bond donors (Lipinski definition) is 1. The number of ether oxygens (including phenoxy) is 2. The van der Waals surface area contributed by atoms with E-state index in [4.69, 9.17) is 10.5 Å². The summed E-state index contributed by atoms with van der Waals surface area (Å²) in [4.78, 5) is 15.1. The molecule has 0 amide bonds. The first-order valence-corrected chi connectivity index (χ1v) is 4.71. The number of rotatable bonds is 3. The zero-order chi connectivity index (χ0) is 10.8. The summed E-state index contributed by atoms with van der Waals surface area (Å²) < 4.78 is 10.0. The zero-order valence-electron chi connectivity index (χ0n) is 8.40. The third-order valence-corrected chi connectivity index (χ3v) is 2.10. The Morgan fingerprint density at radius 3 is 2.87 bits per heavy atom. The number of carbonyl (C=O) groups excluding carboxylic acids is 1. The Morgan fingerprint density at radius 1 is 1.60 bits per heavy atom. The lowest BCUT2D eigenvalue weighted by Gasteiger charge is -2.06. The van der Waals surface area contributed by atoms with Crippen molar-refractivity contribution in [3.8, 4) is 5.75 Å². The van der Waals surface area contributed by atoms with Crippen LogP contribution in [0.4, 0.5) is 5.69 Å². The van der Waals surface area contributed by atoms with Crippen molar-refractivity contribution in [2.24, 2.45) is 0 Å². The van der Waals surface area contributed by atoms with Gasteiger partial charge in [-0.15, -0.1) is 0 Å². The number of anilines is 1. The second-order valence-electron chi connectivity index (χ2n) is 3.42. The molecule has 0 spiro atoms. The van der Waals surface area contributed by atoms with Crippen LogP contribution >= 0.6 is 0 Å². The molecule has 5 heteroatoms. The molecule has 1 heterocycles. The van der Waals surface area contributed by atoms with Gasteiger partial charge in [-0.25, -0.2) is 9.78 Å². The molecule has 2 rings (SSSR count). The lowest BCUT2D eigenvalue weighted by Crippen LogP contribution is -2.09. The van der Waals surface area contributed by atoms with Crippen molar-refractivity contribution in [1.29, 1.82) is 0 Å². The van der Waals surface area contributed by atoms with Crippen molar-refractivity contribution in [2.45, 2.75) is 18.9 Å². The molecule has 15 heavy (non-hydrogen) atoms. The highest BCUT2D eigenvalue weighted by Gasteiger charge is 2.24. The number of aromatic nitrogens is 1. The van der Waals surface area contributed by atoms with E-state index in [2.05, 4.69) is 9.72 Å². The van der Waals surface area contributed by atoms with Crippen LogP contribution in [0.25, 0.3) is 0 Å². The van der Waals surface area contributed by atoms with Gasteiger partial charge in [0.1, 0.15) is 5.75 Å². The summed E-state index contributed by atoms with van der Waals surface area (Å²) >= 11 is 0. The van der Waals surface area contributed by atoms with Gasteiger partial charge < -0.3 is 15.2 Å². The lowest BCUT2D eigenvalue weighted by molar-refractivity contribution is 0.0595. The van der Waals surface area contributed by atoms with Crippen LogP contribution in [0, 0.1) is 0 Å². The molecule has 2 N–H and O–H groups in total. The highest BCUT2D eigenvalue weighted by atomic mass is 16.5. The predicted octanol–water partition coefficient (Wildman–Crippen LogP) is 0.992. The average Bonchev–Trinajstić information content (AvgIpc) is 3.01. The predicted molar refractivity (Wildman–Crippen MR) is 53.6 cm³/mol. The topological polar surface area (TPSA) is 74.4 Å². The maximum atomic E-state index is 11.2. The van der Waals surface area contributed by atoms with Gasteiger partial charge in [-0.2, -0.15) is 0 Å². The van der Waals surface area contributed by atoms with Gasteiger partial charge in [0.25, 0.3) is 0 Å². The highest BCUT2D eigenvalue weighted by Crippen LogP contribution is 2.27. The maximum absolute atomic E-state index is 11.2. The molecule has 0 aromatic carbocycles. The van der Waals surface area contributed by atoms with Gasteiger partial charge in [0.15, 0.2) is 5.69 Å². The molecule has 1 fully saturated rings. The van der Waals surface area contributed by atoms with E-state index >= 15 is 0 Å². The van der Waals surface area contributed by atoms with Gasteiger partial charge in [-0.05, 0) is 12.8 Å². The summed E-state index contributed by atoms with van der Waals surface area (Å²) in [5.74, 6) is 0.0631. The molecule has 0 bridgehead atoms. The summed E-state index contributed by atoms with van der Waals surface area (Å²) in [6, 6.07) is 1.59. The van der Waals surface area contributed by atoms with Crippen molar-refractivity contribution >= 4 is 11.7 Å². The maximum Gasteiger partial charge on any atom is 0.358 e. The van der Waals surface area contributed by atoms with E-state index in [0.717, 1.165) is 12.8 Å². The van der Waals surface area contributed by atoms with Crippen LogP contribution in [0.2, 0.25) is 0 Å². The Bertz CT molecular complexity index is 388. The monoisotopic (exact) mass is 208 g/mol. The van der Waals surface area contributed by atoms with E-state index in [-0.39, 0.29) is 17.5 Å². The van der Waals surface area contributed by atoms with E-state index in [1.807, 2.05) is 0 Å². The van der Waals surface area contributed by atoms with E-state index in [9.17, 15) is 4.79 Å². The standard InChI is InChI=1S/C10H12N2O3/c1-14-10(13)9-8(11)4-7(5-12-9)15-6-2-3-6/h4-6H,2-3,11H2,1H3. The van der Waals surface area contributed by atoms with Crippen LogP contribution < -0.4 is 10.5 Å². The minimum atomic E-state index is -0.537. The van der Waals surface area contributed by atoms with Crippen LogP contribution in [0.15, 0.2) is 12.3 Å². The second kappa shape index (κ2) is 3.76. The number of nitrogens with two attached hydrogens (primary N) is 1. The fourth-order valence-electron chi connectivity index (χ4n) is 1.17. The van der Waals surface area contributed by atoms with Gasteiger partial charge >= 0.3 is 5.97 Å². The van der Waals surface area contributed by atoms with E-state index < -0.39 is 5.97 Å². The van der Waals surface area contributed by atoms with Crippen molar-refractivity contribution in [2.75, 3.05) is 12.8 Å². The first-order valence-electron chi connectivity index (χ1n) is 4.71. The van der Waals surface area contributed by atoms with Gasteiger partial charge in [0.2, 0.25) is 0 Å². The molecule has 0 unspecified atom stereocenters. The number of pyridine rings is 1. The molecule has 0 atom stereocenters. The first-order chi connectivity index (χ1) is 7.20. The van der Waals surface area contributed by atoms with Crippen molar-refractivity contribution in [3.05, 3.63) is 18.0 Å². The molecule has 0 radical (unpaired) electrons. The van der Waals surface area contributed by atoms with Crippen molar-refractivity contribution < 1.29 is 14.3 Å². The number of nitrogen functional groups attached to an aromatic ring is 1. The number of methoxy groups -OCH3 is 1. The Morgan fingerprint density at radius 2 is 2.33 bits per heavy atom. The molecule has 1 aromatic rings. The largest absolute Gasteiger partial charge is 0.489 e. The number of carbonyl (C=O) groups is 1. The third-order valence-electron chi connectivity index (χ3n) is 2.10. The van der Waals surface area contributed by atoms with Crippen molar-refractivity contribution in [1.82, 2.24) is 4.98 Å². The van der Waals surface area contributed by atoms with Gasteiger partial charge in [0.05, 0.1) is 25.1 Å². The zero-order valence-corrected chi connectivity index (χ0v) is 8.40. The summed E-state index contributed by atoms with van der Waals surface area (Å²) in [5.41, 5.74) is 6.05. The minimum Gasteiger partial charge on any atom is -0.489 e. The Hall–Kier alpha value is -1.78. The normalized spacial score (nSPS) is 14.7. The molecular weight excluding hydrogens is 196 g/mol. The SMILES string of the molecule is COC(=O)c1ncc(OC2CC2)cc1N. The number of hydrogen-bond acceptors (Lipinski definition) is 5. The smallest absolute Gasteiger partial charge is 0.358 e. The molecule has 1 aromatic heterocycles. The minimum absolute atomic E-state index is 0.126. The molecular formula is C10H12N2O3. The van der Waals surface area contributed by atoms with Crippen LogP contribution in [0.5, 0.6) is 5.75 Å². The van der Waals surface area contributed by atoms with E-state index in [1.54, 1.807) is 6.07 Å². The quantitative estimate of drug-likeness (QED) is 0.750. The molecule has 1 aliphatic rings. The van der Waals surface area contributed by atoms with Crippen LogP contribution in [0.1, 0.15) is 23.3 Å². The molecule has 0 aliphatic heterocycles. The fourth-order valence-corrected chi connectivity index (χ4v) is 1.17.